The molecule has 0 amide bonds. The molecule has 15 heteroatoms. The predicted octanol–water partition coefficient (Wildman–Crippen LogP) is 0.896. The molecule has 1 aromatic carbocycles. The molecule has 0 aliphatic carbocycles. The summed E-state index contributed by atoms with van der Waals surface area (Å²) in [5, 5.41) is 39.1. The van der Waals surface area contributed by atoms with Gasteiger partial charge in [0, 0.05) is 0 Å². The number of benzene rings is 1. The molecule has 1 aliphatic rings. The van der Waals surface area contributed by atoms with Gasteiger partial charge in [-0.2, -0.15) is 15.4 Å². The minimum atomic E-state index is -4.29. The van der Waals surface area contributed by atoms with Gasteiger partial charge in [-0.15, -0.1) is 0 Å². The van der Waals surface area contributed by atoms with Gasteiger partial charge in [-0.05, 0) is 38.1 Å². The van der Waals surface area contributed by atoms with Crippen LogP contribution in [0.15, 0.2) is 48.8 Å². The highest BCUT2D eigenvalue weighted by molar-refractivity contribution is 7.52. The molecular weight excluding hydrogens is 519 g/mol. The second-order valence-electron chi connectivity index (χ2n) is 8.77. The van der Waals surface area contributed by atoms with E-state index in [0.29, 0.717) is 5.52 Å². The highest BCUT2D eigenvalue weighted by Crippen LogP contribution is 2.50. The zero-order chi connectivity index (χ0) is 27.7. The van der Waals surface area contributed by atoms with E-state index in [1.807, 2.05) is 6.07 Å². The minimum absolute atomic E-state index is 0.0804. The van der Waals surface area contributed by atoms with Crippen molar-refractivity contribution in [3.05, 3.63) is 54.5 Å². The lowest BCUT2D eigenvalue weighted by atomic mass is 9.80. The van der Waals surface area contributed by atoms with Gasteiger partial charge in [0.25, 0.3) is 0 Å². The molecule has 202 valence electrons. The first-order valence-corrected chi connectivity index (χ1v) is 13.0. The van der Waals surface area contributed by atoms with Crippen LogP contribution in [0.4, 0.5) is 5.82 Å². The lowest BCUT2D eigenvalue weighted by Crippen LogP contribution is -2.52. The summed E-state index contributed by atoms with van der Waals surface area (Å²) in [5.74, 6) is -0.429. The summed E-state index contributed by atoms with van der Waals surface area (Å²) in [6.07, 6.45) is -1.88. The van der Waals surface area contributed by atoms with E-state index >= 15 is 0 Å². The van der Waals surface area contributed by atoms with Crippen LogP contribution in [0, 0.1) is 11.3 Å². The van der Waals surface area contributed by atoms with Crippen LogP contribution < -0.4 is 15.3 Å². The Morgan fingerprint density at radius 1 is 1.37 bits per heavy atom. The lowest BCUT2D eigenvalue weighted by molar-refractivity contribution is -0.142. The monoisotopic (exact) mass is 546 g/mol. The summed E-state index contributed by atoms with van der Waals surface area (Å²) >= 11 is 0. The zero-order valence-corrected chi connectivity index (χ0v) is 21.6. The first kappa shape index (κ1) is 27.5. The number of rotatable bonds is 9. The van der Waals surface area contributed by atoms with Crippen molar-refractivity contribution >= 4 is 25.1 Å². The maximum absolute atomic E-state index is 13.6. The molecule has 0 radical (unpaired) electrons. The molecule has 14 nitrogen and oxygen atoms in total. The van der Waals surface area contributed by atoms with Crippen LogP contribution in [0.2, 0.25) is 0 Å². The standard InChI is InChI=1S/C23H27N6O8P/c1-14(21(31)34-3)28-38(33,37-15-7-5-4-6-8-15)35-11-17-19(30)22(2,32)23(12-24,36-17)18-10-9-16-20(25)26-13-27-29(16)18/h4-10,13-14,17,19,30,32H,11H2,1-3H3,(H,28,33)(H2,25,26,27)/t14-,17+,19+,22+,23-,38-/m0/s1. The molecule has 6 atom stereocenters. The van der Waals surface area contributed by atoms with Gasteiger partial charge in [0.05, 0.1) is 19.4 Å². The first-order chi connectivity index (χ1) is 18.0. The second-order valence-corrected chi connectivity index (χ2v) is 10.5. The summed E-state index contributed by atoms with van der Waals surface area (Å²) in [5.41, 5.74) is 2.01. The summed E-state index contributed by atoms with van der Waals surface area (Å²) in [7, 11) is -3.12. The third kappa shape index (κ3) is 4.71. The Morgan fingerprint density at radius 2 is 2.08 bits per heavy atom. The molecular formula is C23H27N6O8P. The van der Waals surface area contributed by atoms with Crippen LogP contribution in [0.1, 0.15) is 19.5 Å². The Hall–Kier alpha value is -3.57. The Labute approximate surface area is 217 Å². The molecule has 0 saturated carbocycles. The number of nitriles is 1. The highest BCUT2D eigenvalue weighted by Gasteiger charge is 2.65. The number of aliphatic hydroxyl groups is 2. The number of nitrogen functional groups attached to an aromatic ring is 1. The maximum atomic E-state index is 13.6. The number of nitrogens with two attached hydrogens (primary N) is 1. The Morgan fingerprint density at radius 3 is 2.74 bits per heavy atom. The largest absolute Gasteiger partial charge is 0.468 e. The number of nitrogens with one attached hydrogen (secondary N) is 1. The average Bonchev–Trinajstić information content (AvgIpc) is 3.41. The molecule has 0 spiro atoms. The van der Waals surface area contributed by atoms with E-state index in [1.165, 1.54) is 50.0 Å². The number of hydrogen-bond acceptors (Lipinski definition) is 12. The number of hydrogen-bond donors (Lipinski definition) is 4. The molecule has 5 N–H and O–H groups in total. The van der Waals surface area contributed by atoms with Crippen LogP contribution in [-0.4, -0.2) is 68.3 Å². The van der Waals surface area contributed by atoms with Crippen LogP contribution in [0.3, 0.4) is 0 Å². The maximum Gasteiger partial charge on any atom is 0.459 e. The molecule has 1 saturated heterocycles. The summed E-state index contributed by atoms with van der Waals surface area (Å²) < 4.78 is 36.6. The van der Waals surface area contributed by atoms with E-state index in [0.717, 1.165) is 0 Å². The first-order valence-electron chi connectivity index (χ1n) is 11.4. The van der Waals surface area contributed by atoms with Gasteiger partial charge in [0.2, 0.25) is 5.60 Å². The van der Waals surface area contributed by atoms with Crippen molar-refractivity contribution in [3.63, 3.8) is 0 Å². The van der Waals surface area contributed by atoms with E-state index in [-0.39, 0.29) is 17.3 Å². The van der Waals surface area contributed by atoms with E-state index in [2.05, 4.69) is 19.9 Å². The van der Waals surface area contributed by atoms with E-state index in [4.69, 9.17) is 19.5 Å². The molecule has 3 heterocycles. The van der Waals surface area contributed by atoms with Crippen molar-refractivity contribution in [2.75, 3.05) is 19.5 Å². The van der Waals surface area contributed by atoms with Gasteiger partial charge < -0.3 is 29.9 Å². The number of fused-ring (bicyclic) bond motifs is 1. The number of aliphatic hydroxyl groups excluding tert-OH is 1. The van der Waals surface area contributed by atoms with Crippen LogP contribution in [0.5, 0.6) is 5.75 Å². The molecule has 38 heavy (non-hydrogen) atoms. The Bertz CT molecular complexity index is 1410. The third-order valence-electron chi connectivity index (χ3n) is 6.25. The van der Waals surface area contributed by atoms with Crippen LogP contribution in [-0.2, 0) is 29.0 Å². The zero-order valence-electron chi connectivity index (χ0n) is 20.7. The van der Waals surface area contributed by atoms with Crippen molar-refractivity contribution in [2.45, 2.75) is 43.3 Å². The summed E-state index contributed by atoms with van der Waals surface area (Å²) in [4.78, 5) is 15.9. The van der Waals surface area contributed by atoms with Crippen LogP contribution in [0.25, 0.3) is 5.52 Å². The summed E-state index contributed by atoms with van der Waals surface area (Å²) in [6.45, 7) is 2.02. The molecule has 1 fully saturated rings. The molecule has 1 aliphatic heterocycles. The number of carbonyl (C=O) groups is 1. The molecule has 0 unspecified atom stereocenters. The van der Waals surface area contributed by atoms with Gasteiger partial charge in [0.1, 0.15) is 47.5 Å². The molecule has 3 aromatic rings. The number of anilines is 1. The van der Waals surface area contributed by atoms with Crippen molar-refractivity contribution in [2.24, 2.45) is 0 Å². The normalized spacial score (nSPS) is 27.4. The number of nitrogens with zero attached hydrogens (tertiary/aromatic N) is 4. The van der Waals surface area contributed by atoms with Gasteiger partial charge in [-0.3, -0.25) is 9.32 Å². The smallest absolute Gasteiger partial charge is 0.459 e. The van der Waals surface area contributed by atoms with Crippen molar-refractivity contribution < 1.29 is 38.1 Å². The van der Waals surface area contributed by atoms with Gasteiger partial charge >= 0.3 is 13.7 Å². The van der Waals surface area contributed by atoms with E-state index in [1.54, 1.807) is 24.3 Å². The lowest BCUT2D eigenvalue weighted by Gasteiger charge is -2.33. The molecule has 0 bridgehead atoms. The van der Waals surface area contributed by atoms with E-state index in [9.17, 15) is 24.8 Å². The molecule has 2 aromatic heterocycles. The fraction of sp³-hybridized carbons (Fsp3) is 0.391. The molecule has 4 rings (SSSR count). The van der Waals surface area contributed by atoms with Gasteiger partial charge in [0.15, 0.2) is 5.82 Å². The van der Waals surface area contributed by atoms with Crippen molar-refractivity contribution in [3.8, 4) is 11.8 Å². The minimum Gasteiger partial charge on any atom is -0.468 e. The predicted molar refractivity (Wildman–Crippen MR) is 131 cm³/mol. The number of carbonyl (C=O) groups excluding carboxylic acids is 1. The highest BCUT2D eigenvalue weighted by atomic mass is 31.2. The van der Waals surface area contributed by atoms with Crippen molar-refractivity contribution in [1.29, 1.82) is 5.26 Å². The quantitative estimate of drug-likeness (QED) is 0.218. The number of para-hydroxylation sites is 1. The second kappa shape index (κ2) is 10.3. The number of esters is 1. The average molecular weight is 546 g/mol. The number of aromatic nitrogens is 3. The Kier molecular flexibility index (Phi) is 7.44. The summed E-state index contributed by atoms with van der Waals surface area (Å²) in [6, 6.07) is 11.9. The number of methoxy groups -OCH3 is 1. The fourth-order valence-corrected chi connectivity index (χ4v) is 5.69. The van der Waals surface area contributed by atoms with Gasteiger partial charge in [-0.25, -0.2) is 14.1 Å². The fourth-order valence-electron chi connectivity index (χ4n) is 4.19. The number of ether oxygens (including phenoxy) is 2. The van der Waals surface area contributed by atoms with Gasteiger partial charge in [-0.1, -0.05) is 18.2 Å². The van der Waals surface area contributed by atoms with E-state index < -0.39 is 49.8 Å². The third-order valence-corrected chi connectivity index (χ3v) is 7.90. The Balaban J connectivity index is 1.63. The SMILES string of the molecule is COC(=O)[C@H](C)N[P@](=O)(OC[C@H]1O[C@@](C#N)(c2ccc3c(N)ncnn23)[C@](C)(O)[C@@H]1O)Oc1ccccc1. The topological polar surface area (TPSA) is 204 Å². The van der Waals surface area contributed by atoms with Crippen LogP contribution >= 0.6 is 7.75 Å². The van der Waals surface area contributed by atoms with Crippen molar-refractivity contribution in [1.82, 2.24) is 19.7 Å².